The molecule has 1 aromatic heterocycles. The van der Waals surface area contributed by atoms with Crippen molar-refractivity contribution in [2.45, 2.75) is 0 Å². The van der Waals surface area contributed by atoms with Crippen LogP contribution in [-0.4, -0.2) is 5.11 Å². The Kier molecular flexibility index (Phi) is 4.67. The molecule has 3 aromatic rings. The summed E-state index contributed by atoms with van der Waals surface area (Å²) in [6.45, 7) is 0. The van der Waals surface area contributed by atoms with E-state index in [0.29, 0.717) is 0 Å². The SMILES string of the molecule is N=Nc1ccc(Oc2ccc(/C=C/c3ccsc3)cc2O)c(F)c1. The standard InChI is InChI=1S/C18H13FN2O2S/c19-15-10-14(21-20)4-6-17(15)23-18-5-3-12(9-16(18)22)1-2-13-7-8-24-11-13/h1-11,20,22H/b2-1+,21-20?. The van der Waals surface area contributed by atoms with Gasteiger partial charge in [0.25, 0.3) is 0 Å². The monoisotopic (exact) mass is 340 g/mol. The molecule has 2 N–H and O–H groups in total. The van der Waals surface area contributed by atoms with Crippen LogP contribution in [0.5, 0.6) is 17.2 Å². The third-order valence-electron chi connectivity index (χ3n) is 3.26. The molecule has 0 aliphatic heterocycles. The summed E-state index contributed by atoms with van der Waals surface area (Å²) in [5, 5.41) is 17.2. The van der Waals surface area contributed by atoms with Gasteiger partial charge in [0.2, 0.25) is 0 Å². The molecule has 6 heteroatoms. The lowest BCUT2D eigenvalue weighted by Crippen LogP contribution is -1.89. The predicted molar refractivity (Wildman–Crippen MR) is 92.6 cm³/mol. The van der Waals surface area contributed by atoms with E-state index in [-0.39, 0.29) is 22.9 Å². The molecule has 0 bridgehead atoms. The molecule has 0 fully saturated rings. The minimum Gasteiger partial charge on any atom is -0.504 e. The summed E-state index contributed by atoms with van der Waals surface area (Å²) in [7, 11) is 0. The van der Waals surface area contributed by atoms with Crippen LogP contribution in [0, 0.1) is 11.3 Å². The van der Waals surface area contributed by atoms with Crippen molar-refractivity contribution >= 4 is 29.2 Å². The van der Waals surface area contributed by atoms with Gasteiger partial charge in [-0.05, 0) is 52.2 Å². The van der Waals surface area contributed by atoms with Crippen LogP contribution in [0.1, 0.15) is 11.1 Å². The Morgan fingerprint density at radius 1 is 1.04 bits per heavy atom. The molecule has 3 rings (SSSR count). The molecule has 0 atom stereocenters. The lowest BCUT2D eigenvalue weighted by Gasteiger charge is -2.09. The average Bonchev–Trinajstić information content (AvgIpc) is 3.10. The number of hydrogen-bond acceptors (Lipinski definition) is 5. The number of thiophene rings is 1. The van der Waals surface area contributed by atoms with E-state index in [1.54, 1.807) is 29.5 Å². The Labute approximate surface area is 142 Å². The van der Waals surface area contributed by atoms with Crippen molar-refractivity contribution in [1.82, 2.24) is 0 Å². The largest absolute Gasteiger partial charge is 0.504 e. The zero-order chi connectivity index (χ0) is 16.9. The van der Waals surface area contributed by atoms with Gasteiger partial charge in [-0.3, -0.25) is 0 Å². The Bertz CT molecular complexity index is 892. The van der Waals surface area contributed by atoms with E-state index in [4.69, 9.17) is 10.3 Å². The van der Waals surface area contributed by atoms with Crippen LogP contribution < -0.4 is 4.74 Å². The van der Waals surface area contributed by atoms with Gasteiger partial charge in [0.1, 0.15) is 0 Å². The fraction of sp³-hybridized carbons (Fsp3) is 0. The molecule has 0 aliphatic rings. The minimum absolute atomic E-state index is 0.0423. The molecule has 0 amide bonds. The molecule has 0 aliphatic carbocycles. The molecular formula is C18H13FN2O2S. The maximum absolute atomic E-state index is 13.9. The van der Waals surface area contributed by atoms with Gasteiger partial charge in [-0.2, -0.15) is 16.5 Å². The zero-order valence-electron chi connectivity index (χ0n) is 12.4. The summed E-state index contributed by atoms with van der Waals surface area (Å²) in [5.74, 6) is -0.628. The van der Waals surface area contributed by atoms with E-state index in [1.807, 2.05) is 29.0 Å². The number of ether oxygens (including phenoxy) is 1. The lowest BCUT2D eigenvalue weighted by atomic mass is 10.1. The highest BCUT2D eigenvalue weighted by Gasteiger charge is 2.09. The van der Waals surface area contributed by atoms with Crippen molar-refractivity contribution in [1.29, 1.82) is 5.53 Å². The average molecular weight is 340 g/mol. The Hall–Kier alpha value is -2.99. The van der Waals surface area contributed by atoms with Crippen LogP contribution in [0.2, 0.25) is 0 Å². The Morgan fingerprint density at radius 2 is 1.83 bits per heavy atom. The zero-order valence-corrected chi connectivity index (χ0v) is 13.3. The molecule has 120 valence electrons. The van der Waals surface area contributed by atoms with E-state index in [1.165, 1.54) is 12.1 Å². The number of phenols is 1. The molecule has 2 aromatic carbocycles. The van der Waals surface area contributed by atoms with Gasteiger partial charge < -0.3 is 9.84 Å². The van der Waals surface area contributed by atoms with Gasteiger partial charge in [-0.25, -0.2) is 9.92 Å². The van der Waals surface area contributed by atoms with Gasteiger partial charge in [0.15, 0.2) is 23.1 Å². The van der Waals surface area contributed by atoms with Gasteiger partial charge in [-0.15, -0.1) is 0 Å². The first kappa shape index (κ1) is 15.9. The smallest absolute Gasteiger partial charge is 0.169 e. The van der Waals surface area contributed by atoms with Crippen LogP contribution in [0.4, 0.5) is 10.1 Å². The lowest BCUT2D eigenvalue weighted by molar-refractivity contribution is 0.396. The second-order valence-electron chi connectivity index (χ2n) is 4.95. The number of hydrogen-bond donors (Lipinski definition) is 2. The van der Waals surface area contributed by atoms with Gasteiger partial charge in [0, 0.05) is 6.07 Å². The molecule has 0 radical (unpaired) electrons. The van der Waals surface area contributed by atoms with E-state index in [9.17, 15) is 9.50 Å². The van der Waals surface area contributed by atoms with Crippen molar-refractivity contribution in [3.63, 3.8) is 0 Å². The van der Waals surface area contributed by atoms with E-state index < -0.39 is 5.82 Å². The Balaban J connectivity index is 1.79. The molecule has 0 unspecified atom stereocenters. The van der Waals surface area contributed by atoms with Gasteiger partial charge in [0.05, 0.1) is 5.69 Å². The van der Waals surface area contributed by atoms with Crippen molar-refractivity contribution in [3.05, 3.63) is 70.2 Å². The highest BCUT2D eigenvalue weighted by atomic mass is 32.1. The second kappa shape index (κ2) is 7.06. The summed E-state index contributed by atoms with van der Waals surface area (Å²) < 4.78 is 19.2. The Morgan fingerprint density at radius 3 is 2.50 bits per heavy atom. The fourth-order valence-corrected chi connectivity index (χ4v) is 2.68. The van der Waals surface area contributed by atoms with Crippen LogP contribution in [0.15, 0.2) is 58.3 Å². The van der Waals surface area contributed by atoms with Crippen molar-refractivity contribution in [3.8, 4) is 17.2 Å². The number of rotatable bonds is 5. The number of phenolic OH excluding ortho intramolecular Hbond substituents is 1. The maximum Gasteiger partial charge on any atom is 0.169 e. The van der Waals surface area contributed by atoms with Gasteiger partial charge in [-0.1, -0.05) is 18.2 Å². The second-order valence-corrected chi connectivity index (χ2v) is 5.73. The topological polar surface area (TPSA) is 65.7 Å². The molecule has 0 saturated carbocycles. The first-order chi connectivity index (χ1) is 11.7. The number of aromatic hydroxyl groups is 1. The highest BCUT2D eigenvalue weighted by Crippen LogP contribution is 2.34. The summed E-state index contributed by atoms with van der Waals surface area (Å²) in [6, 6.07) is 10.8. The molecular weight excluding hydrogens is 327 g/mol. The highest BCUT2D eigenvalue weighted by molar-refractivity contribution is 7.08. The summed E-state index contributed by atoms with van der Waals surface area (Å²) in [6.07, 6.45) is 3.81. The quantitative estimate of drug-likeness (QED) is 0.542. The first-order valence-corrected chi connectivity index (χ1v) is 7.98. The van der Waals surface area contributed by atoms with E-state index in [0.717, 1.165) is 17.2 Å². The third-order valence-corrected chi connectivity index (χ3v) is 3.96. The molecule has 1 heterocycles. The number of halogens is 1. The maximum atomic E-state index is 13.9. The first-order valence-electron chi connectivity index (χ1n) is 7.04. The van der Waals surface area contributed by atoms with Crippen molar-refractivity contribution in [2.75, 3.05) is 0 Å². The number of nitrogens with one attached hydrogen (secondary N) is 1. The molecule has 4 nitrogen and oxygen atoms in total. The van der Waals surface area contributed by atoms with E-state index in [2.05, 4.69) is 5.11 Å². The van der Waals surface area contributed by atoms with Crippen LogP contribution >= 0.6 is 11.3 Å². The number of nitrogens with zero attached hydrogens (tertiary/aromatic N) is 1. The summed E-state index contributed by atoms with van der Waals surface area (Å²) >= 11 is 1.61. The summed E-state index contributed by atoms with van der Waals surface area (Å²) in [5.41, 5.74) is 8.93. The molecule has 0 saturated heterocycles. The van der Waals surface area contributed by atoms with Crippen LogP contribution in [0.3, 0.4) is 0 Å². The van der Waals surface area contributed by atoms with Crippen molar-refractivity contribution in [2.24, 2.45) is 5.11 Å². The van der Waals surface area contributed by atoms with Crippen LogP contribution in [0.25, 0.3) is 12.2 Å². The number of benzene rings is 2. The molecule has 0 spiro atoms. The predicted octanol–water partition coefficient (Wildman–Crippen LogP) is 6.22. The van der Waals surface area contributed by atoms with E-state index >= 15 is 0 Å². The van der Waals surface area contributed by atoms with Crippen molar-refractivity contribution < 1.29 is 14.2 Å². The van der Waals surface area contributed by atoms with Gasteiger partial charge >= 0.3 is 0 Å². The van der Waals surface area contributed by atoms with Crippen LogP contribution in [-0.2, 0) is 0 Å². The summed E-state index contributed by atoms with van der Waals surface area (Å²) in [4.78, 5) is 0. The fourth-order valence-electron chi connectivity index (χ4n) is 2.05. The normalized spacial score (nSPS) is 10.9. The minimum atomic E-state index is -0.649. The molecule has 24 heavy (non-hydrogen) atoms. The third kappa shape index (κ3) is 3.67.